The molecule has 6 heteroatoms. The van der Waals surface area contributed by atoms with Gasteiger partial charge in [0.05, 0.1) is 25.5 Å². The molecule has 0 saturated carbocycles. The Bertz CT molecular complexity index is 324. The number of nitrogens with one attached hydrogen (secondary N) is 1. The number of aromatic nitrogens is 1. The molecule has 1 aromatic heterocycles. The van der Waals surface area contributed by atoms with Crippen LogP contribution in [0.15, 0.2) is 10.7 Å². The summed E-state index contributed by atoms with van der Waals surface area (Å²) < 4.78 is 9.59. The molecule has 2 N–H and O–H groups in total. The smallest absolute Gasteiger partial charge is 0.256 e. The number of amides is 1. The van der Waals surface area contributed by atoms with E-state index in [9.17, 15) is 4.79 Å². The molecule has 1 amide bonds. The molecule has 1 heterocycles. The quantitative estimate of drug-likeness (QED) is 0.704. The summed E-state index contributed by atoms with van der Waals surface area (Å²) in [5.41, 5.74) is 0.365. The molecule has 1 atom stereocenters. The first kappa shape index (κ1) is 11.7. The lowest BCUT2D eigenvalue weighted by Crippen LogP contribution is -2.40. The molecule has 6 nitrogen and oxygen atoms in total. The van der Waals surface area contributed by atoms with Crippen LogP contribution < -0.4 is 5.32 Å². The number of methoxy groups -OCH3 is 1. The van der Waals surface area contributed by atoms with Gasteiger partial charge in [-0.3, -0.25) is 4.79 Å². The maximum absolute atomic E-state index is 11.6. The number of rotatable bonds is 5. The summed E-state index contributed by atoms with van der Waals surface area (Å²) >= 11 is 0. The number of aryl methyl sites for hydroxylation is 1. The predicted octanol–water partition coefficient (Wildman–Crippen LogP) is -0.280. The lowest BCUT2D eigenvalue weighted by atomic mass is 10.2. The number of carbonyl (C=O) groups excluding carboxylic acids is 1. The molecule has 1 aromatic rings. The molecule has 0 aromatic carbocycles. The van der Waals surface area contributed by atoms with Gasteiger partial charge >= 0.3 is 0 Å². The van der Waals surface area contributed by atoms with Crippen LogP contribution in [0.3, 0.4) is 0 Å². The predicted molar refractivity (Wildman–Crippen MR) is 51.5 cm³/mol. The molecule has 15 heavy (non-hydrogen) atoms. The van der Waals surface area contributed by atoms with Gasteiger partial charge in [-0.05, 0) is 6.92 Å². The van der Waals surface area contributed by atoms with Crippen LogP contribution >= 0.6 is 0 Å². The largest absolute Gasteiger partial charge is 0.394 e. The van der Waals surface area contributed by atoms with E-state index in [1.165, 1.54) is 13.3 Å². The van der Waals surface area contributed by atoms with Crippen molar-refractivity contribution in [3.05, 3.63) is 17.5 Å². The number of aliphatic hydroxyl groups is 1. The molecule has 0 radical (unpaired) electrons. The number of nitrogens with zero attached hydrogens (tertiary/aromatic N) is 1. The Hall–Kier alpha value is -1.40. The average molecular weight is 214 g/mol. The average Bonchev–Trinajstić information content (AvgIpc) is 2.63. The summed E-state index contributed by atoms with van der Waals surface area (Å²) in [7, 11) is 1.50. The Kier molecular flexibility index (Phi) is 4.26. The molecule has 0 aliphatic carbocycles. The van der Waals surface area contributed by atoms with E-state index in [-0.39, 0.29) is 19.1 Å². The Labute approximate surface area is 87.2 Å². The Balaban J connectivity index is 2.58. The van der Waals surface area contributed by atoms with E-state index >= 15 is 0 Å². The zero-order valence-corrected chi connectivity index (χ0v) is 8.69. The molecule has 0 fully saturated rings. The van der Waals surface area contributed by atoms with Crippen molar-refractivity contribution in [1.29, 1.82) is 0 Å². The van der Waals surface area contributed by atoms with Gasteiger partial charge in [0, 0.05) is 7.11 Å². The highest BCUT2D eigenvalue weighted by molar-refractivity contribution is 5.94. The third-order valence-corrected chi connectivity index (χ3v) is 1.92. The fourth-order valence-corrected chi connectivity index (χ4v) is 1.12. The van der Waals surface area contributed by atoms with Crippen molar-refractivity contribution in [2.24, 2.45) is 0 Å². The third-order valence-electron chi connectivity index (χ3n) is 1.92. The highest BCUT2D eigenvalue weighted by Gasteiger charge is 2.16. The normalized spacial score (nSPS) is 12.5. The molecule has 0 spiro atoms. The van der Waals surface area contributed by atoms with E-state index in [1.54, 1.807) is 6.92 Å². The first-order valence-electron chi connectivity index (χ1n) is 4.51. The van der Waals surface area contributed by atoms with Gasteiger partial charge in [-0.2, -0.15) is 0 Å². The van der Waals surface area contributed by atoms with Gasteiger partial charge in [-0.1, -0.05) is 5.16 Å². The van der Waals surface area contributed by atoms with Crippen LogP contribution in [-0.2, 0) is 4.74 Å². The SMILES string of the molecule is COCC(CO)NC(=O)c1cnoc1C. The number of ether oxygens (including phenoxy) is 1. The van der Waals surface area contributed by atoms with E-state index in [0.29, 0.717) is 11.3 Å². The number of carbonyl (C=O) groups is 1. The molecular weight excluding hydrogens is 200 g/mol. The van der Waals surface area contributed by atoms with Gasteiger partial charge < -0.3 is 19.7 Å². The van der Waals surface area contributed by atoms with Gasteiger partial charge in [0.1, 0.15) is 11.3 Å². The maximum Gasteiger partial charge on any atom is 0.256 e. The number of hydrogen-bond donors (Lipinski definition) is 2. The summed E-state index contributed by atoms with van der Waals surface area (Å²) in [4.78, 5) is 11.6. The van der Waals surface area contributed by atoms with Crippen molar-refractivity contribution in [2.45, 2.75) is 13.0 Å². The van der Waals surface area contributed by atoms with E-state index in [4.69, 9.17) is 14.4 Å². The topological polar surface area (TPSA) is 84.6 Å². The van der Waals surface area contributed by atoms with Crippen LogP contribution in [0.25, 0.3) is 0 Å². The lowest BCUT2D eigenvalue weighted by Gasteiger charge is -2.14. The highest BCUT2D eigenvalue weighted by Crippen LogP contribution is 2.05. The van der Waals surface area contributed by atoms with Crippen LogP contribution in [0.5, 0.6) is 0 Å². The van der Waals surface area contributed by atoms with Crippen molar-refractivity contribution in [3.63, 3.8) is 0 Å². The summed E-state index contributed by atoms with van der Waals surface area (Å²) in [6, 6.07) is -0.420. The van der Waals surface area contributed by atoms with Crippen molar-refractivity contribution in [1.82, 2.24) is 10.5 Å². The third kappa shape index (κ3) is 3.03. The maximum atomic E-state index is 11.6. The standard InChI is InChI=1S/C9H14N2O4/c1-6-8(3-10-15-6)9(13)11-7(4-12)5-14-2/h3,7,12H,4-5H2,1-2H3,(H,11,13). The molecule has 0 saturated heterocycles. The van der Waals surface area contributed by atoms with Gasteiger partial charge in [0.15, 0.2) is 0 Å². The van der Waals surface area contributed by atoms with E-state index in [2.05, 4.69) is 10.5 Å². The van der Waals surface area contributed by atoms with E-state index in [1.807, 2.05) is 0 Å². The molecule has 0 aliphatic rings. The molecule has 1 unspecified atom stereocenters. The minimum atomic E-state index is -0.420. The van der Waals surface area contributed by atoms with Crippen LogP contribution in [-0.4, -0.2) is 42.5 Å². The van der Waals surface area contributed by atoms with Crippen LogP contribution in [0, 0.1) is 6.92 Å². The number of hydrogen-bond acceptors (Lipinski definition) is 5. The molecular formula is C9H14N2O4. The van der Waals surface area contributed by atoms with Gasteiger partial charge in [0.2, 0.25) is 0 Å². The summed E-state index contributed by atoms with van der Waals surface area (Å²) in [5.74, 6) is 0.117. The fraction of sp³-hybridized carbons (Fsp3) is 0.556. The van der Waals surface area contributed by atoms with Crippen LogP contribution in [0.4, 0.5) is 0 Å². The monoisotopic (exact) mass is 214 g/mol. The highest BCUT2D eigenvalue weighted by atomic mass is 16.5. The Morgan fingerprint density at radius 2 is 2.53 bits per heavy atom. The summed E-state index contributed by atoms with van der Waals surface area (Å²) in [6.45, 7) is 1.72. The first-order valence-corrected chi connectivity index (χ1v) is 4.51. The number of aliphatic hydroxyl groups excluding tert-OH is 1. The summed E-state index contributed by atoms with van der Waals surface area (Å²) in [5, 5.41) is 15.0. The minimum absolute atomic E-state index is 0.177. The molecule has 0 bridgehead atoms. The lowest BCUT2D eigenvalue weighted by molar-refractivity contribution is 0.0838. The zero-order valence-electron chi connectivity index (χ0n) is 8.69. The van der Waals surface area contributed by atoms with Crippen molar-refractivity contribution in [3.8, 4) is 0 Å². The molecule has 84 valence electrons. The van der Waals surface area contributed by atoms with Crippen molar-refractivity contribution in [2.75, 3.05) is 20.3 Å². The van der Waals surface area contributed by atoms with Gasteiger partial charge in [0.25, 0.3) is 5.91 Å². The second-order valence-electron chi connectivity index (χ2n) is 3.10. The zero-order chi connectivity index (χ0) is 11.3. The first-order chi connectivity index (χ1) is 7.19. The minimum Gasteiger partial charge on any atom is -0.394 e. The second kappa shape index (κ2) is 5.47. The van der Waals surface area contributed by atoms with Gasteiger partial charge in [-0.15, -0.1) is 0 Å². The summed E-state index contributed by atoms with van der Waals surface area (Å²) in [6.07, 6.45) is 1.34. The van der Waals surface area contributed by atoms with Crippen LogP contribution in [0.1, 0.15) is 16.1 Å². The Morgan fingerprint density at radius 1 is 1.80 bits per heavy atom. The fourth-order valence-electron chi connectivity index (χ4n) is 1.12. The second-order valence-corrected chi connectivity index (χ2v) is 3.10. The van der Waals surface area contributed by atoms with E-state index in [0.717, 1.165) is 0 Å². The Morgan fingerprint density at radius 3 is 3.00 bits per heavy atom. The molecule has 0 aliphatic heterocycles. The van der Waals surface area contributed by atoms with Crippen molar-refractivity contribution < 1.29 is 19.2 Å². The van der Waals surface area contributed by atoms with E-state index < -0.39 is 6.04 Å². The van der Waals surface area contributed by atoms with Gasteiger partial charge in [-0.25, -0.2) is 0 Å². The molecule has 1 rings (SSSR count). The van der Waals surface area contributed by atoms with Crippen LogP contribution in [0.2, 0.25) is 0 Å². The van der Waals surface area contributed by atoms with Crippen molar-refractivity contribution >= 4 is 5.91 Å².